The van der Waals surface area contributed by atoms with Crippen molar-refractivity contribution in [1.82, 2.24) is 14.5 Å². The maximum atomic E-state index is 5.33. The number of ether oxygens (including phenoxy) is 1. The van der Waals surface area contributed by atoms with E-state index in [-0.39, 0.29) is 0 Å². The summed E-state index contributed by atoms with van der Waals surface area (Å²) in [6.07, 6.45) is 4.19. The number of nitrogens with zero attached hydrogens (tertiary/aromatic N) is 3. The van der Waals surface area contributed by atoms with Gasteiger partial charge in [-0.3, -0.25) is 4.57 Å². The van der Waals surface area contributed by atoms with Gasteiger partial charge in [0.2, 0.25) is 0 Å². The van der Waals surface area contributed by atoms with Gasteiger partial charge in [0.1, 0.15) is 5.52 Å². The van der Waals surface area contributed by atoms with E-state index in [9.17, 15) is 0 Å². The average molecular weight is 217 g/mol. The molecule has 2 aromatic rings. The minimum atomic E-state index is 0.504. The van der Waals surface area contributed by atoms with Crippen molar-refractivity contribution in [2.24, 2.45) is 5.92 Å². The molecule has 1 aliphatic rings. The van der Waals surface area contributed by atoms with E-state index in [4.69, 9.17) is 4.74 Å². The molecule has 0 N–H and O–H groups in total. The van der Waals surface area contributed by atoms with E-state index in [1.807, 2.05) is 18.3 Å². The Morgan fingerprint density at radius 3 is 2.94 bits per heavy atom. The molecule has 4 heteroatoms. The smallest absolute Gasteiger partial charge is 0.298 e. The van der Waals surface area contributed by atoms with Gasteiger partial charge in [-0.15, -0.1) is 0 Å². The van der Waals surface area contributed by atoms with Crippen LogP contribution in [0, 0.1) is 5.92 Å². The van der Waals surface area contributed by atoms with E-state index in [0.29, 0.717) is 12.1 Å². The van der Waals surface area contributed by atoms with Crippen LogP contribution in [0.4, 0.5) is 0 Å². The van der Waals surface area contributed by atoms with E-state index < -0.39 is 0 Å². The van der Waals surface area contributed by atoms with Crippen LogP contribution in [0.15, 0.2) is 18.3 Å². The minimum absolute atomic E-state index is 0.504. The molecule has 0 aromatic carbocycles. The molecule has 84 valence electrons. The Morgan fingerprint density at radius 1 is 1.44 bits per heavy atom. The zero-order valence-corrected chi connectivity index (χ0v) is 9.55. The van der Waals surface area contributed by atoms with Crippen LogP contribution in [-0.4, -0.2) is 21.6 Å². The van der Waals surface area contributed by atoms with E-state index in [1.165, 1.54) is 12.8 Å². The predicted octanol–water partition coefficient (Wildman–Crippen LogP) is 2.41. The summed E-state index contributed by atoms with van der Waals surface area (Å²) in [7, 11) is 1.67. The van der Waals surface area contributed by atoms with Crippen molar-refractivity contribution in [3.8, 4) is 6.01 Å². The molecule has 0 aliphatic heterocycles. The second-order valence-corrected chi connectivity index (χ2v) is 4.55. The average Bonchev–Trinajstić information content (AvgIpc) is 2.63. The molecule has 0 saturated heterocycles. The van der Waals surface area contributed by atoms with Gasteiger partial charge in [-0.2, -0.15) is 4.98 Å². The van der Waals surface area contributed by atoms with Crippen LogP contribution < -0.4 is 4.74 Å². The molecule has 0 spiro atoms. The number of hydrogen-bond acceptors (Lipinski definition) is 3. The molecular formula is C12H15N3O. The normalized spacial score (nSPS) is 24.4. The fourth-order valence-corrected chi connectivity index (χ4v) is 2.45. The van der Waals surface area contributed by atoms with Gasteiger partial charge in [0.25, 0.3) is 6.01 Å². The van der Waals surface area contributed by atoms with Gasteiger partial charge in [-0.05, 0) is 30.9 Å². The van der Waals surface area contributed by atoms with E-state index in [0.717, 1.165) is 17.1 Å². The van der Waals surface area contributed by atoms with Crippen molar-refractivity contribution in [3.05, 3.63) is 18.3 Å². The van der Waals surface area contributed by atoms with Crippen LogP contribution >= 0.6 is 0 Å². The first-order valence-electron chi connectivity index (χ1n) is 5.66. The van der Waals surface area contributed by atoms with Gasteiger partial charge in [0, 0.05) is 12.2 Å². The first kappa shape index (κ1) is 9.63. The number of aromatic nitrogens is 3. The quantitative estimate of drug-likeness (QED) is 0.775. The highest BCUT2D eigenvalue weighted by Gasteiger charge is 2.30. The molecule has 4 nitrogen and oxygen atoms in total. The Hall–Kier alpha value is -1.58. The highest BCUT2D eigenvalue weighted by molar-refractivity contribution is 5.72. The molecule has 0 bridgehead atoms. The van der Waals surface area contributed by atoms with Crippen LogP contribution in [0.1, 0.15) is 25.8 Å². The summed E-state index contributed by atoms with van der Waals surface area (Å²) >= 11 is 0. The van der Waals surface area contributed by atoms with Crippen LogP contribution in [-0.2, 0) is 0 Å². The number of imidazole rings is 1. The molecule has 0 amide bonds. The van der Waals surface area contributed by atoms with Crippen molar-refractivity contribution >= 4 is 11.2 Å². The first-order chi connectivity index (χ1) is 7.79. The van der Waals surface area contributed by atoms with Crippen LogP contribution in [0.5, 0.6) is 6.01 Å². The summed E-state index contributed by atoms with van der Waals surface area (Å²) in [5.74, 6) is 0.802. The van der Waals surface area contributed by atoms with Gasteiger partial charge in [0.15, 0.2) is 5.65 Å². The standard InChI is InChI=1S/C12H15N3O/c1-8-6-9(7-8)15-11-10(4-3-5-13-11)14-12(15)16-2/h3-5,8-9H,6-7H2,1-2H3. The van der Waals surface area contributed by atoms with Crippen molar-refractivity contribution < 1.29 is 4.74 Å². The Kier molecular flexibility index (Phi) is 2.09. The zero-order chi connectivity index (χ0) is 11.1. The lowest BCUT2D eigenvalue weighted by atomic mass is 9.82. The SMILES string of the molecule is COc1nc2cccnc2n1C1CC(C)C1. The lowest BCUT2D eigenvalue weighted by Gasteiger charge is -2.34. The molecule has 0 atom stereocenters. The van der Waals surface area contributed by atoms with Crippen molar-refractivity contribution in [2.75, 3.05) is 7.11 Å². The van der Waals surface area contributed by atoms with Crippen LogP contribution in [0.25, 0.3) is 11.2 Å². The molecule has 2 aromatic heterocycles. The summed E-state index contributed by atoms with van der Waals surface area (Å²) in [6, 6.07) is 5.07. The predicted molar refractivity (Wildman–Crippen MR) is 61.5 cm³/mol. The molecule has 1 saturated carbocycles. The zero-order valence-electron chi connectivity index (χ0n) is 9.55. The summed E-state index contributed by atoms with van der Waals surface area (Å²) in [5, 5.41) is 0. The van der Waals surface area contributed by atoms with E-state index in [2.05, 4.69) is 21.5 Å². The van der Waals surface area contributed by atoms with Gasteiger partial charge >= 0.3 is 0 Å². The second-order valence-electron chi connectivity index (χ2n) is 4.55. The molecule has 0 radical (unpaired) electrons. The maximum Gasteiger partial charge on any atom is 0.298 e. The molecule has 2 heterocycles. The fraction of sp³-hybridized carbons (Fsp3) is 0.500. The number of pyridine rings is 1. The van der Waals surface area contributed by atoms with E-state index >= 15 is 0 Å². The molecule has 1 fully saturated rings. The minimum Gasteiger partial charge on any atom is -0.468 e. The molecule has 0 unspecified atom stereocenters. The van der Waals surface area contributed by atoms with Gasteiger partial charge in [-0.25, -0.2) is 4.98 Å². The molecule has 1 aliphatic carbocycles. The van der Waals surface area contributed by atoms with Crippen molar-refractivity contribution in [3.63, 3.8) is 0 Å². The lowest BCUT2D eigenvalue weighted by Crippen LogP contribution is -2.25. The fourth-order valence-electron chi connectivity index (χ4n) is 2.45. The summed E-state index contributed by atoms with van der Waals surface area (Å²) in [5.41, 5.74) is 1.86. The topological polar surface area (TPSA) is 39.9 Å². The summed E-state index contributed by atoms with van der Waals surface area (Å²) < 4.78 is 7.47. The highest BCUT2D eigenvalue weighted by Crippen LogP contribution is 2.41. The third kappa shape index (κ3) is 1.29. The van der Waals surface area contributed by atoms with Crippen molar-refractivity contribution in [2.45, 2.75) is 25.8 Å². The highest BCUT2D eigenvalue weighted by atomic mass is 16.5. The third-order valence-corrected chi connectivity index (χ3v) is 3.31. The number of methoxy groups -OCH3 is 1. The Labute approximate surface area is 94.3 Å². The lowest BCUT2D eigenvalue weighted by molar-refractivity contribution is 0.201. The monoisotopic (exact) mass is 217 g/mol. The summed E-state index contributed by atoms with van der Waals surface area (Å²) in [6.45, 7) is 2.27. The van der Waals surface area contributed by atoms with Crippen LogP contribution in [0.3, 0.4) is 0 Å². The third-order valence-electron chi connectivity index (χ3n) is 3.31. The Bertz CT molecular complexity index is 514. The Morgan fingerprint density at radius 2 is 2.25 bits per heavy atom. The van der Waals surface area contributed by atoms with Gasteiger partial charge in [-0.1, -0.05) is 6.92 Å². The summed E-state index contributed by atoms with van der Waals surface area (Å²) in [4.78, 5) is 8.84. The number of fused-ring (bicyclic) bond motifs is 1. The first-order valence-corrected chi connectivity index (χ1v) is 5.66. The maximum absolute atomic E-state index is 5.33. The molecule has 16 heavy (non-hydrogen) atoms. The number of rotatable bonds is 2. The second kappa shape index (κ2) is 3.47. The Balaban J connectivity index is 2.12. The van der Waals surface area contributed by atoms with Crippen LogP contribution in [0.2, 0.25) is 0 Å². The van der Waals surface area contributed by atoms with E-state index in [1.54, 1.807) is 7.11 Å². The van der Waals surface area contributed by atoms with Gasteiger partial charge < -0.3 is 4.74 Å². The van der Waals surface area contributed by atoms with Gasteiger partial charge in [0.05, 0.1) is 7.11 Å². The molecule has 3 rings (SSSR count). The number of hydrogen-bond donors (Lipinski definition) is 0. The molecular weight excluding hydrogens is 202 g/mol. The largest absolute Gasteiger partial charge is 0.468 e. The van der Waals surface area contributed by atoms with Crippen molar-refractivity contribution in [1.29, 1.82) is 0 Å².